The van der Waals surface area contributed by atoms with Gasteiger partial charge in [0.1, 0.15) is 17.0 Å². The van der Waals surface area contributed by atoms with Crippen LogP contribution >= 0.6 is 22.7 Å². The highest BCUT2D eigenvalue weighted by atomic mass is 32.1. The fraction of sp³-hybridized carbons (Fsp3) is 0.273. The summed E-state index contributed by atoms with van der Waals surface area (Å²) in [7, 11) is 0. The van der Waals surface area contributed by atoms with E-state index >= 15 is 0 Å². The van der Waals surface area contributed by atoms with Crippen LogP contribution in [0.25, 0.3) is 26.0 Å². The molecule has 0 unspecified atom stereocenters. The van der Waals surface area contributed by atoms with Crippen LogP contribution in [0.3, 0.4) is 0 Å². The molecule has 0 bridgehead atoms. The monoisotopic (exact) mass is 450 g/mol. The number of nitrogens with one attached hydrogen (secondary N) is 2. The summed E-state index contributed by atoms with van der Waals surface area (Å²) in [5.41, 5.74) is 5.05. The Morgan fingerprint density at radius 3 is 3.00 bits per heavy atom. The van der Waals surface area contributed by atoms with Gasteiger partial charge in [-0.15, -0.1) is 22.7 Å². The number of hydrogen-bond donors (Lipinski definition) is 2. The number of nitrogens with zero attached hydrogens (tertiary/aromatic N) is 4. The molecule has 7 nitrogen and oxygen atoms in total. The third-order valence-electron chi connectivity index (χ3n) is 5.26. The van der Waals surface area contributed by atoms with Gasteiger partial charge in [0.2, 0.25) is 0 Å². The first-order valence-electron chi connectivity index (χ1n) is 10.3. The molecule has 5 rings (SSSR count). The molecule has 1 aliphatic heterocycles. The average Bonchev–Trinajstić information content (AvgIpc) is 3.45. The second-order valence-electron chi connectivity index (χ2n) is 7.37. The molecule has 4 aromatic rings. The lowest BCUT2D eigenvalue weighted by molar-refractivity contribution is 0.203. The van der Waals surface area contributed by atoms with E-state index in [0.29, 0.717) is 13.1 Å². The minimum atomic E-state index is 0.0166. The molecule has 1 aromatic carbocycles. The number of rotatable bonds is 5. The van der Waals surface area contributed by atoms with Crippen molar-refractivity contribution >= 4 is 66.2 Å². The Kier molecular flexibility index (Phi) is 5.52. The summed E-state index contributed by atoms with van der Waals surface area (Å²) in [5, 5.41) is 7.38. The number of thiophene rings is 1. The number of anilines is 2. The SMILES string of the molecule is CCCNC(=O)N1CC=C(c2cc3c(Nc4ccc5scnc5c4)ncnc3s2)CC1. The number of benzene rings is 1. The molecule has 1 aliphatic rings. The maximum absolute atomic E-state index is 12.2. The van der Waals surface area contributed by atoms with Crippen molar-refractivity contribution in [2.75, 3.05) is 25.0 Å². The number of carbonyl (C=O) groups is 1. The van der Waals surface area contributed by atoms with Crippen molar-refractivity contribution in [3.63, 3.8) is 0 Å². The number of urea groups is 1. The van der Waals surface area contributed by atoms with E-state index in [1.165, 1.54) is 10.5 Å². The molecule has 3 aromatic heterocycles. The van der Waals surface area contributed by atoms with Crippen LogP contribution in [0.15, 0.2) is 42.2 Å². The van der Waals surface area contributed by atoms with Crippen molar-refractivity contribution in [1.29, 1.82) is 0 Å². The summed E-state index contributed by atoms with van der Waals surface area (Å²) in [6.45, 7) is 4.12. The first-order valence-corrected chi connectivity index (χ1v) is 12.0. The van der Waals surface area contributed by atoms with E-state index in [2.05, 4.69) is 50.7 Å². The first kappa shape index (κ1) is 19.9. The summed E-state index contributed by atoms with van der Waals surface area (Å²) in [6, 6.07) is 8.32. The predicted molar refractivity (Wildman–Crippen MR) is 128 cm³/mol. The van der Waals surface area contributed by atoms with Crippen molar-refractivity contribution in [3.8, 4) is 0 Å². The molecule has 4 heterocycles. The van der Waals surface area contributed by atoms with Crippen LogP contribution in [0.5, 0.6) is 0 Å². The molecule has 2 N–H and O–H groups in total. The van der Waals surface area contributed by atoms with Gasteiger partial charge >= 0.3 is 6.03 Å². The van der Waals surface area contributed by atoms with Gasteiger partial charge in [-0.05, 0) is 42.7 Å². The van der Waals surface area contributed by atoms with E-state index in [1.807, 2.05) is 22.5 Å². The lowest BCUT2D eigenvalue weighted by atomic mass is 10.1. The number of aromatic nitrogens is 3. The smallest absolute Gasteiger partial charge is 0.317 e. The van der Waals surface area contributed by atoms with E-state index in [4.69, 9.17) is 0 Å². The van der Waals surface area contributed by atoms with E-state index in [1.54, 1.807) is 29.0 Å². The van der Waals surface area contributed by atoms with Crippen LogP contribution in [0, 0.1) is 0 Å². The van der Waals surface area contributed by atoms with Gasteiger partial charge in [0, 0.05) is 30.2 Å². The fourth-order valence-electron chi connectivity index (χ4n) is 3.61. The predicted octanol–water partition coefficient (Wildman–Crippen LogP) is 5.25. The van der Waals surface area contributed by atoms with Crippen molar-refractivity contribution in [1.82, 2.24) is 25.2 Å². The second kappa shape index (κ2) is 8.60. The highest BCUT2D eigenvalue weighted by molar-refractivity contribution is 7.19. The molecule has 0 fully saturated rings. The number of amides is 2. The number of fused-ring (bicyclic) bond motifs is 2. The summed E-state index contributed by atoms with van der Waals surface area (Å²) in [6.07, 6.45) is 5.53. The molecule has 9 heteroatoms. The second-order valence-corrected chi connectivity index (χ2v) is 9.29. The van der Waals surface area contributed by atoms with Gasteiger partial charge in [0.15, 0.2) is 0 Å². The Balaban J connectivity index is 1.37. The van der Waals surface area contributed by atoms with Gasteiger partial charge in [-0.25, -0.2) is 19.7 Å². The molecule has 0 aliphatic carbocycles. The molecule has 158 valence electrons. The summed E-state index contributed by atoms with van der Waals surface area (Å²) < 4.78 is 1.16. The van der Waals surface area contributed by atoms with E-state index < -0.39 is 0 Å². The van der Waals surface area contributed by atoms with Crippen LogP contribution in [0.2, 0.25) is 0 Å². The van der Waals surface area contributed by atoms with Crippen LogP contribution in [-0.2, 0) is 0 Å². The first-order chi connectivity index (χ1) is 15.2. The molecule has 31 heavy (non-hydrogen) atoms. The summed E-state index contributed by atoms with van der Waals surface area (Å²) in [5.74, 6) is 0.791. The Hall–Kier alpha value is -3.04. The van der Waals surface area contributed by atoms with Crippen molar-refractivity contribution in [3.05, 3.63) is 47.1 Å². The van der Waals surface area contributed by atoms with Crippen molar-refractivity contribution in [2.45, 2.75) is 19.8 Å². The van der Waals surface area contributed by atoms with E-state index in [0.717, 1.165) is 51.3 Å². The zero-order chi connectivity index (χ0) is 21.2. The minimum Gasteiger partial charge on any atom is -0.340 e. The maximum atomic E-state index is 12.2. The zero-order valence-corrected chi connectivity index (χ0v) is 18.7. The lowest BCUT2D eigenvalue weighted by Gasteiger charge is -2.26. The number of carbonyl (C=O) groups excluding carboxylic acids is 1. The molecule has 2 amide bonds. The van der Waals surface area contributed by atoms with Crippen LogP contribution in [0.1, 0.15) is 24.6 Å². The number of thiazole rings is 1. The van der Waals surface area contributed by atoms with Gasteiger partial charge in [-0.1, -0.05) is 13.0 Å². The molecule has 0 saturated heterocycles. The lowest BCUT2D eigenvalue weighted by Crippen LogP contribution is -2.42. The highest BCUT2D eigenvalue weighted by Gasteiger charge is 2.19. The van der Waals surface area contributed by atoms with E-state index in [-0.39, 0.29) is 6.03 Å². The van der Waals surface area contributed by atoms with Gasteiger partial charge in [0.05, 0.1) is 21.1 Å². The van der Waals surface area contributed by atoms with E-state index in [9.17, 15) is 4.79 Å². The Morgan fingerprint density at radius 1 is 1.23 bits per heavy atom. The fourth-order valence-corrected chi connectivity index (χ4v) is 5.33. The summed E-state index contributed by atoms with van der Waals surface area (Å²) >= 11 is 3.30. The minimum absolute atomic E-state index is 0.0166. The molecular formula is C22H22N6OS2. The van der Waals surface area contributed by atoms with Gasteiger partial charge in [-0.3, -0.25) is 0 Å². The third-order valence-corrected chi connectivity index (χ3v) is 7.19. The Bertz CT molecular complexity index is 1280. The van der Waals surface area contributed by atoms with Crippen molar-refractivity contribution < 1.29 is 4.79 Å². The topological polar surface area (TPSA) is 83.0 Å². The molecule has 0 radical (unpaired) electrons. The van der Waals surface area contributed by atoms with Gasteiger partial charge in [-0.2, -0.15) is 0 Å². The molecule has 0 saturated carbocycles. The van der Waals surface area contributed by atoms with Crippen LogP contribution < -0.4 is 10.6 Å². The quantitative estimate of drug-likeness (QED) is 0.434. The largest absolute Gasteiger partial charge is 0.340 e. The molecule has 0 atom stereocenters. The normalized spacial score (nSPS) is 14.1. The van der Waals surface area contributed by atoms with Gasteiger partial charge < -0.3 is 15.5 Å². The zero-order valence-electron chi connectivity index (χ0n) is 17.1. The van der Waals surface area contributed by atoms with Crippen LogP contribution in [-0.4, -0.2) is 45.5 Å². The summed E-state index contributed by atoms with van der Waals surface area (Å²) in [4.78, 5) is 29.5. The number of hydrogen-bond acceptors (Lipinski definition) is 7. The molecular weight excluding hydrogens is 428 g/mol. The maximum Gasteiger partial charge on any atom is 0.317 e. The Morgan fingerprint density at radius 2 is 2.16 bits per heavy atom. The average molecular weight is 451 g/mol. The third kappa shape index (κ3) is 4.11. The van der Waals surface area contributed by atoms with Crippen LogP contribution in [0.4, 0.5) is 16.3 Å². The van der Waals surface area contributed by atoms with Gasteiger partial charge in [0.25, 0.3) is 0 Å². The standard InChI is InChI=1S/C22H22N6OS2/c1-2-7-23-22(29)28-8-5-14(6-9-28)19-11-16-20(24-12-25-21(16)31-19)27-15-3-4-18-17(10-15)26-13-30-18/h3-5,10-13H,2,6-9H2,1H3,(H,23,29)(H,24,25,27). The highest BCUT2D eigenvalue weighted by Crippen LogP contribution is 2.36. The van der Waals surface area contributed by atoms with Crippen molar-refractivity contribution in [2.24, 2.45) is 0 Å². The Labute approximate surface area is 187 Å². The molecule has 0 spiro atoms.